The summed E-state index contributed by atoms with van der Waals surface area (Å²) in [5.74, 6) is -0.519. The molecule has 0 saturated carbocycles. The van der Waals surface area contributed by atoms with Gasteiger partial charge in [-0.25, -0.2) is 9.59 Å². The number of aromatic carboxylic acids is 1. The molecular weight excluding hydrogens is 705 g/mol. The third kappa shape index (κ3) is 7.50. The van der Waals surface area contributed by atoms with E-state index >= 15 is 0 Å². The largest absolute Gasteiger partial charge is 0.493 e. The lowest BCUT2D eigenvalue weighted by Crippen LogP contribution is -2.53. The molecule has 50 heavy (non-hydrogen) atoms. The summed E-state index contributed by atoms with van der Waals surface area (Å²) in [5.41, 5.74) is 2.68. The summed E-state index contributed by atoms with van der Waals surface area (Å²) in [6.45, 7) is 2.35. The summed E-state index contributed by atoms with van der Waals surface area (Å²) in [6, 6.07) is 14.2. The standard InChI is InChI=1S/C36H37Cl2N3O8S/c1-47-31-8-7-22(13-32(31)48-2)25(15-27-28(37)17-40(46)18-29(27)38)26-14-24(50-34(26)35(43)44)16-41(30-6-4-3-5-23(30)20-42)36(45)49-33-19-39-11-9-21(33)10-12-39/h3-8,13-14,17-18,21,25,33,42H,9-12,15-16,19-20H2,1-2H3,(H-,43,44,46)/p+1/t25-,33-/m0/s1. The van der Waals surface area contributed by atoms with Crippen LogP contribution in [0.4, 0.5) is 10.5 Å². The van der Waals surface area contributed by atoms with Gasteiger partial charge in [0, 0.05) is 33.2 Å². The fourth-order valence-electron chi connectivity index (χ4n) is 6.93. The predicted molar refractivity (Wildman–Crippen MR) is 188 cm³/mol. The lowest BCUT2D eigenvalue weighted by molar-refractivity contribution is -0.904. The molecule has 1 amide bonds. The van der Waals surface area contributed by atoms with Crippen molar-refractivity contribution >= 4 is 52.3 Å². The Bertz CT molecular complexity index is 1860. The van der Waals surface area contributed by atoms with Crippen LogP contribution in [0.5, 0.6) is 11.5 Å². The third-order valence-electron chi connectivity index (χ3n) is 9.50. The number of methoxy groups -OCH3 is 2. The lowest BCUT2D eigenvalue weighted by Gasteiger charge is -2.44. The topological polar surface area (TPSA) is 133 Å². The Morgan fingerprint density at radius 1 is 1.04 bits per heavy atom. The number of hydrogen-bond acceptors (Lipinski definition) is 9. The molecule has 3 N–H and O–H groups in total. The fraction of sp³-hybridized carbons (Fsp3) is 0.361. The molecule has 3 saturated heterocycles. The second-order valence-corrected chi connectivity index (χ2v) is 14.4. The summed E-state index contributed by atoms with van der Waals surface area (Å²) in [7, 11) is 3.04. The van der Waals surface area contributed by atoms with E-state index in [1.807, 2.05) is 6.07 Å². The number of para-hydroxylation sites is 1. The van der Waals surface area contributed by atoms with E-state index in [1.54, 1.807) is 42.5 Å². The van der Waals surface area contributed by atoms with Crippen molar-refractivity contribution in [3.8, 4) is 11.5 Å². The Hall–Kier alpha value is -4.07. The highest BCUT2D eigenvalue weighted by atomic mass is 35.5. The van der Waals surface area contributed by atoms with Gasteiger partial charge >= 0.3 is 12.1 Å². The number of carbonyl (C=O) groups is 2. The molecule has 14 heteroatoms. The van der Waals surface area contributed by atoms with Crippen LogP contribution >= 0.6 is 34.5 Å². The number of carbonyl (C=O) groups excluding carboxylic acids is 1. The number of hydrogen-bond donors (Lipinski definition) is 3. The first-order valence-electron chi connectivity index (χ1n) is 16.2. The van der Waals surface area contributed by atoms with Crippen molar-refractivity contribution in [3.63, 3.8) is 0 Å². The Labute approximate surface area is 303 Å². The van der Waals surface area contributed by atoms with Crippen LogP contribution < -0.4 is 19.1 Å². The van der Waals surface area contributed by atoms with Gasteiger partial charge in [0.15, 0.2) is 11.5 Å². The Morgan fingerprint density at radius 3 is 2.36 bits per heavy atom. The molecular formula is C36H38Cl2N3O8S+. The van der Waals surface area contributed by atoms with E-state index in [2.05, 4.69) is 4.90 Å². The van der Waals surface area contributed by atoms with Crippen LogP contribution in [0.3, 0.4) is 0 Å². The number of piperidine rings is 3. The molecule has 2 atom stereocenters. The first-order valence-corrected chi connectivity index (χ1v) is 17.7. The minimum Gasteiger partial charge on any atom is -0.493 e. The number of nitrogens with zero attached hydrogens (tertiary/aromatic N) is 3. The molecule has 2 bridgehead atoms. The molecule has 2 aromatic carbocycles. The van der Waals surface area contributed by atoms with Crippen molar-refractivity contribution in [3.05, 3.63) is 103 Å². The molecule has 0 radical (unpaired) electrons. The van der Waals surface area contributed by atoms with Gasteiger partial charge < -0.3 is 24.4 Å². The monoisotopic (exact) mass is 742 g/mol. The van der Waals surface area contributed by atoms with Crippen molar-refractivity contribution in [2.45, 2.75) is 44.4 Å². The number of anilines is 1. The number of benzene rings is 2. The SMILES string of the molecule is COc1ccc([C@H](Cc2c(Cl)c[n+](O)cc2Cl)c2cc(CN(C(=O)O[C@H]3CN4CCC3CC4)c3ccccc3CO)sc2C(=O)O)cc1OC. The van der Waals surface area contributed by atoms with Crippen molar-refractivity contribution in [2.24, 2.45) is 5.92 Å². The lowest BCUT2D eigenvalue weighted by atomic mass is 9.85. The van der Waals surface area contributed by atoms with Crippen LogP contribution in [-0.4, -0.2) is 72.3 Å². The molecule has 3 aliphatic heterocycles. The van der Waals surface area contributed by atoms with E-state index < -0.39 is 18.0 Å². The second-order valence-electron chi connectivity index (χ2n) is 12.4. The Balaban J connectivity index is 1.42. The van der Waals surface area contributed by atoms with Crippen molar-refractivity contribution in [1.82, 2.24) is 4.90 Å². The number of fused-ring (bicyclic) bond motifs is 3. The van der Waals surface area contributed by atoms with Gasteiger partial charge in [-0.3, -0.25) is 15.0 Å². The van der Waals surface area contributed by atoms with Crippen molar-refractivity contribution < 1.29 is 44.0 Å². The zero-order valence-corrected chi connectivity index (χ0v) is 29.9. The maximum absolute atomic E-state index is 14.0. The predicted octanol–water partition coefficient (Wildman–Crippen LogP) is 6.40. The van der Waals surface area contributed by atoms with Crippen molar-refractivity contribution in [1.29, 1.82) is 0 Å². The van der Waals surface area contributed by atoms with Crippen LogP contribution in [0.25, 0.3) is 0 Å². The number of aliphatic hydroxyl groups is 1. The highest BCUT2D eigenvalue weighted by Gasteiger charge is 2.38. The molecule has 2 aromatic heterocycles. The minimum atomic E-state index is -1.14. The molecule has 7 rings (SSSR count). The third-order valence-corrected chi connectivity index (χ3v) is 11.3. The van der Waals surface area contributed by atoms with E-state index in [0.717, 1.165) is 42.0 Å². The number of carboxylic acid groups (broad SMARTS) is 1. The average molecular weight is 744 g/mol. The molecule has 0 unspecified atom stereocenters. The Morgan fingerprint density at radius 2 is 1.74 bits per heavy atom. The first kappa shape index (κ1) is 35.7. The van der Waals surface area contributed by atoms with Gasteiger partial charge in [0.1, 0.15) is 21.0 Å². The van der Waals surface area contributed by atoms with Gasteiger partial charge in [-0.05, 0) is 73.7 Å². The van der Waals surface area contributed by atoms with Gasteiger partial charge in [-0.1, -0.05) is 47.5 Å². The minimum absolute atomic E-state index is 0.00207. The molecule has 11 nitrogen and oxygen atoms in total. The van der Waals surface area contributed by atoms with E-state index in [1.165, 1.54) is 31.5 Å². The summed E-state index contributed by atoms with van der Waals surface area (Å²) < 4.78 is 17.9. The molecule has 5 heterocycles. The number of aliphatic hydroxyl groups excluding tert-OH is 1. The number of ether oxygens (including phenoxy) is 3. The molecule has 4 aromatic rings. The Kier molecular flexibility index (Phi) is 11.0. The van der Waals surface area contributed by atoms with E-state index in [4.69, 9.17) is 37.4 Å². The zero-order valence-electron chi connectivity index (χ0n) is 27.6. The van der Waals surface area contributed by atoms with Crippen LogP contribution in [0, 0.1) is 5.92 Å². The second kappa shape index (κ2) is 15.4. The molecule has 3 fully saturated rings. The van der Waals surface area contributed by atoms with Crippen LogP contribution in [-0.2, 0) is 24.3 Å². The van der Waals surface area contributed by atoms with Crippen molar-refractivity contribution in [2.75, 3.05) is 38.8 Å². The van der Waals surface area contributed by atoms with E-state index in [-0.39, 0.29) is 46.5 Å². The van der Waals surface area contributed by atoms with Crippen LogP contribution in [0.2, 0.25) is 10.0 Å². The number of thiophene rings is 1. The average Bonchev–Trinajstić information content (AvgIpc) is 3.54. The summed E-state index contributed by atoms with van der Waals surface area (Å²) in [4.78, 5) is 31.3. The zero-order chi connectivity index (χ0) is 35.5. The molecule has 3 aliphatic rings. The summed E-state index contributed by atoms with van der Waals surface area (Å²) in [5, 5.41) is 31.1. The van der Waals surface area contributed by atoms with Gasteiger partial charge in [-0.15, -0.1) is 11.3 Å². The summed E-state index contributed by atoms with van der Waals surface area (Å²) in [6.07, 6.45) is 3.90. The van der Waals surface area contributed by atoms with E-state index in [9.17, 15) is 25.0 Å². The number of amides is 1. The smallest absolute Gasteiger partial charge is 0.414 e. The molecule has 264 valence electrons. The summed E-state index contributed by atoms with van der Waals surface area (Å²) >= 11 is 14.2. The maximum atomic E-state index is 14.0. The van der Waals surface area contributed by atoms with Gasteiger partial charge in [-0.2, -0.15) is 0 Å². The molecule has 0 spiro atoms. The quantitative estimate of drug-likeness (QED) is 0.111. The number of pyridine rings is 1. The van der Waals surface area contributed by atoms with Crippen LogP contribution in [0.15, 0.2) is 60.9 Å². The highest BCUT2D eigenvalue weighted by molar-refractivity contribution is 7.14. The number of aromatic nitrogens is 1. The normalized spacial score (nSPS) is 18.8. The number of rotatable bonds is 12. The maximum Gasteiger partial charge on any atom is 0.414 e. The van der Waals surface area contributed by atoms with E-state index in [0.29, 0.717) is 50.9 Å². The highest BCUT2D eigenvalue weighted by Crippen LogP contribution is 2.42. The van der Waals surface area contributed by atoms with Crippen LogP contribution in [0.1, 0.15) is 55.6 Å². The van der Waals surface area contributed by atoms with Gasteiger partial charge in [0.2, 0.25) is 12.4 Å². The first-order chi connectivity index (χ1) is 24.1. The molecule has 0 aliphatic carbocycles. The van der Waals surface area contributed by atoms with Gasteiger partial charge in [0.05, 0.1) is 33.1 Å². The number of carboxylic acids is 1. The van der Waals surface area contributed by atoms with Gasteiger partial charge in [0.25, 0.3) is 0 Å². The number of halogens is 2. The fourth-order valence-corrected chi connectivity index (χ4v) is 8.58.